The van der Waals surface area contributed by atoms with Crippen LogP contribution in [0.3, 0.4) is 0 Å². The minimum absolute atomic E-state index is 0.0808. The van der Waals surface area contributed by atoms with Gasteiger partial charge in [0.1, 0.15) is 0 Å². The predicted octanol–water partition coefficient (Wildman–Crippen LogP) is 4.14. The molecule has 3 heterocycles. The van der Waals surface area contributed by atoms with E-state index in [4.69, 9.17) is 4.74 Å². The number of aromatic amines is 1. The van der Waals surface area contributed by atoms with E-state index in [0.29, 0.717) is 26.3 Å². The third-order valence-corrected chi connectivity index (χ3v) is 5.89. The lowest BCUT2D eigenvalue weighted by Gasteiger charge is -2.27. The molecule has 0 radical (unpaired) electrons. The topological polar surface area (TPSA) is 63.2 Å². The summed E-state index contributed by atoms with van der Waals surface area (Å²) in [6, 6.07) is 14.6. The van der Waals surface area contributed by atoms with Crippen LogP contribution < -0.4 is 0 Å². The SMILES string of the molecule is O=C(c1cn(CCCc2c[nH]cn2)cc1-c1cccc2ccccc12)N1CCOCC1. The molecule has 1 N–H and O–H groups in total. The van der Waals surface area contributed by atoms with Gasteiger partial charge >= 0.3 is 0 Å². The molecule has 2 aromatic carbocycles. The van der Waals surface area contributed by atoms with Gasteiger partial charge in [0.25, 0.3) is 5.91 Å². The van der Waals surface area contributed by atoms with Crippen LogP contribution in [0, 0.1) is 0 Å². The normalized spacial score (nSPS) is 14.3. The predicted molar refractivity (Wildman–Crippen MR) is 121 cm³/mol. The summed E-state index contributed by atoms with van der Waals surface area (Å²) < 4.78 is 7.59. The van der Waals surface area contributed by atoms with Crippen molar-refractivity contribution in [2.45, 2.75) is 19.4 Å². The Hall–Kier alpha value is -3.38. The molecule has 1 aliphatic rings. The van der Waals surface area contributed by atoms with Crippen LogP contribution in [-0.4, -0.2) is 51.6 Å². The van der Waals surface area contributed by atoms with E-state index in [1.807, 2.05) is 23.4 Å². The van der Waals surface area contributed by atoms with Gasteiger partial charge in [0.15, 0.2) is 0 Å². The Balaban J connectivity index is 1.49. The van der Waals surface area contributed by atoms with Crippen molar-refractivity contribution in [1.29, 1.82) is 0 Å². The number of hydrogen-bond donors (Lipinski definition) is 1. The molecule has 0 atom stereocenters. The van der Waals surface area contributed by atoms with E-state index < -0.39 is 0 Å². The van der Waals surface area contributed by atoms with Gasteiger partial charge < -0.3 is 19.2 Å². The minimum atomic E-state index is 0.0808. The van der Waals surface area contributed by atoms with E-state index in [1.165, 1.54) is 5.39 Å². The Bertz CT molecular complexity index is 1170. The minimum Gasteiger partial charge on any atom is -0.378 e. The first-order valence-corrected chi connectivity index (χ1v) is 10.8. The summed E-state index contributed by atoms with van der Waals surface area (Å²) in [7, 11) is 0. The number of benzene rings is 2. The van der Waals surface area contributed by atoms with E-state index >= 15 is 0 Å². The molecule has 4 aromatic rings. The molecule has 0 aliphatic carbocycles. The highest BCUT2D eigenvalue weighted by atomic mass is 16.5. The summed E-state index contributed by atoms with van der Waals surface area (Å²) in [6.07, 6.45) is 9.64. The molecule has 1 aliphatic heterocycles. The number of nitrogens with one attached hydrogen (secondary N) is 1. The zero-order chi connectivity index (χ0) is 21.0. The molecule has 6 heteroatoms. The monoisotopic (exact) mass is 414 g/mol. The van der Waals surface area contributed by atoms with E-state index in [2.05, 4.69) is 57.1 Å². The van der Waals surface area contributed by atoms with Gasteiger partial charge in [-0.05, 0) is 29.2 Å². The number of aryl methyl sites for hydroxylation is 2. The Kier molecular flexibility index (Phi) is 5.54. The summed E-state index contributed by atoms with van der Waals surface area (Å²) in [5, 5.41) is 2.34. The first kappa shape index (κ1) is 19.6. The highest BCUT2D eigenvalue weighted by Gasteiger charge is 2.24. The van der Waals surface area contributed by atoms with Crippen molar-refractivity contribution in [3.05, 3.63) is 78.6 Å². The molecule has 1 amide bonds. The zero-order valence-electron chi connectivity index (χ0n) is 17.5. The van der Waals surface area contributed by atoms with E-state index in [-0.39, 0.29) is 5.91 Å². The molecular weight excluding hydrogens is 388 g/mol. The molecule has 2 aromatic heterocycles. The molecule has 31 heavy (non-hydrogen) atoms. The number of nitrogens with zero attached hydrogens (tertiary/aromatic N) is 3. The zero-order valence-corrected chi connectivity index (χ0v) is 17.5. The first-order valence-electron chi connectivity index (χ1n) is 10.8. The van der Waals surface area contributed by atoms with Crippen molar-refractivity contribution in [3.63, 3.8) is 0 Å². The van der Waals surface area contributed by atoms with Crippen molar-refractivity contribution in [1.82, 2.24) is 19.4 Å². The molecule has 6 nitrogen and oxygen atoms in total. The second-order valence-corrected chi connectivity index (χ2v) is 7.92. The van der Waals surface area contributed by atoms with Gasteiger partial charge in [-0.25, -0.2) is 4.98 Å². The van der Waals surface area contributed by atoms with E-state index in [0.717, 1.165) is 47.2 Å². The number of aromatic nitrogens is 3. The van der Waals surface area contributed by atoms with Crippen LogP contribution in [0.4, 0.5) is 0 Å². The maximum absolute atomic E-state index is 13.4. The molecule has 0 saturated carbocycles. The number of ether oxygens (including phenoxy) is 1. The number of amides is 1. The number of fused-ring (bicyclic) bond motifs is 1. The van der Waals surface area contributed by atoms with Crippen LogP contribution >= 0.6 is 0 Å². The van der Waals surface area contributed by atoms with Crippen molar-refractivity contribution in [3.8, 4) is 11.1 Å². The molecular formula is C25H26N4O2. The van der Waals surface area contributed by atoms with Gasteiger partial charge in [-0.2, -0.15) is 0 Å². The Morgan fingerprint density at radius 1 is 1.03 bits per heavy atom. The van der Waals surface area contributed by atoms with Crippen LogP contribution in [0.25, 0.3) is 21.9 Å². The summed E-state index contributed by atoms with van der Waals surface area (Å²) in [6.45, 7) is 3.30. The van der Waals surface area contributed by atoms with Crippen LogP contribution in [0.15, 0.2) is 67.4 Å². The number of morpholine rings is 1. The Morgan fingerprint density at radius 2 is 1.87 bits per heavy atom. The molecule has 0 spiro atoms. The van der Waals surface area contributed by atoms with Gasteiger partial charge in [-0.1, -0.05) is 42.5 Å². The van der Waals surface area contributed by atoms with E-state index in [1.54, 1.807) is 6.33 Å². The largest absolute Gasteiger partial charge is 0.378 e. The highest BCUT2D eigenvalue weighted by molar-refractivity contribution is 6.06. The molecule has 1 fully saturated rings. The van der Waals surface area contributed by atoms with Gasteiger partial charge in [-0.15, -0.1) is 0 Å². The van der Waals surface area contributed by atoms with Gasteiger partial charge in [0.2, 0.25) is 0 Å². The molecule has 5 rings (SSSR count). The van der Waals surface area contributed by atoms with Gasteiger partial charge in [0.05, 0.1) is 30.8 Å². The number of H-pyrrole nitrogens is 1. The van der Waals surface area contributed by atoms with Crippen LogP contribution in [0.5, 0.6) is 0 Å². The fraction of sp³-hybridized carbons (Fsp3) is 0.280. The standard InChI is InChI=1S/C25H26N4O2/c30-25(29-11-13-31-14-12-29)24-17-28(10-4-7-20-15-26-18-27-20)16-23(24)22-9-3-6-19-5-1-2-8-21(19)22/h1-3,5-6,8-9,15-18H,4,7,10-14H2,(H,26,27). The maximum atomic E-state index is 13.4. The molecule has 0 bridgehead atoms. The second-order valence-electron chi connectivity index (χ2n) is 7.92. The fourth-order valence-corrected chi connectivity index (χ4v) is 4.29. The number of rotatable bonds is 6. The third-order valence-electron chi connectivity index (χ3n) is 5.89. The number of imidazole rings is 1. The van der Waals surface area contributed by atoms with Crippen molar-refractivity contribution in [2.75, 3.05) is 26.3 Å². The van der Waals surface area contributed by atoms with Crippen LogP contribution in [0.2, 0.25) is 0 Å². The van der Waals surface area contributed by atoms with Crippen LogP contribution in [-0.2, 0) is 17.7 Å². The molecule has 0 unspecified atom stereocenters. The third kappa shape index (κ3) is 4.11. The summed E-state index contributed by atoms with van der Waals surface area (Å²) in [4.78, 5) is 22.7. The van der Waals surface area contributed by atoms with Gasteiger partial charge in [-0.3, -0.25) is 4.79 Å². The Labute approximate surface area is 181 Å². The van der Waals surface area contributed by atoms with Crippen molar-refractivity contribution in [2.24, 2.45) is 0 Å². The number of carbonyl (C=O) groups excluding carboxylic acids is 1. The Morgan fingerprint density at radius 3 is 2.71 bits per heavy atom. The lowest BCUT2D eigenvalue weighted by atomic mass is 9.97. The highest BCUT2D eigenvalue weighted by Crippen LogP contribution is 2.32. The second kappa shape index (κ2) is 8.78. The first-order chi connectivity index (χ1) is 15.3. The summed E-state index contributed by atoms with van der Waals surface area (Å²) in [5.74, 6) is 0.0808. The van der Waals surface area contributed by atoms with E-state index in [9.17, 15) is 4.79 Å². The number of carbonyl (C=O) groups is 1. The number of hydrogen-bond acceptors (Lipinski definition) is 3. The maximum Gasteiger partial charge on any atom is 0.256 e. The van der Waals surface area contributed by atoms with Crippen molar-refractivity contribution >= 4 is 16.7 Å². The molecule has 1 saturated heterocycles. The van der Waals surface area contributed by atoms with Gasteiger partial charge in [0, 0.05) is 43.8 Å². The molecule has 158 valence electrons. The lowest BCUT2D eigenvalue weighted by molar-refractivity contribution is 0.0303. The lowest BCUT2D eigenvalue weighted by Crippen LogP contribution is -2.40. The van der Waals surface area contributed by atoms with Crippen LogP contribution in [0.1, 0.15) is 22.5 Å². The average Bonchev–Trinajstić information content (AvgIpc) is 3.49. The summed E-state index contributed by atoms with van der Waals surface area (Å²) in [5.41, 5.74) is 3.91. The average molecular weight is 415 g/mol. The van der Waals surface area contributed by atoms with Crippen molar-refractivity contribution < 1.29 is 9.53 Å². The fourth-order valence-electron chi connectivity index (χ4n) is 4.29. The smallest absolute Gasteiger partial charge is 0.256 e. The quantitative estimate of drug-likeness (QED) is 0.516. The summed E-state index contributed by atoms with van der Waals surface area (Å²) >= 11 is 0.